The van der Waals surface area contributed by atoms with E-state index in [1.165, 1.54) is 12.4 Å². The average Bonchev–Trinajstić information content (AvgIpc) is 3.45. The van der Waals surface area contributed by atoms with Crippen molar-refractivity contribution in [1.82, 2.24) is 19.6 Å². The van der Waals surface area contributed by atoms with Crippen molar-refractivity contribution in [1.29, 1.82) is 0 Å². The Morgan fingerprint density at radius 3 is 2.55 bits per heavy atom. The number of aliphatic hydroxyl groups excluding tert-OH is 1. The molecule has 2 aliphatic rings. The van der Waals surface area contributed by atoms with Gasteiger partial charge in [-0.1, -0.05) is 11.6 Å². The number of hydrogen-bond donors (Lipinski definition) is 4. The highest BCUT2D eigenvalue weighted by Crippen LogP contribution is 2.30. The molecule has 31 heavy (non-hydrogen) atoms. The molecule has 0 unspecified atom stereocenters. The fourth-order valence-electron chi connectivity index (χ4n) is 3.85. The largest absolute Gasteiger partial charge is 0.393 e. The summed E-state index contributed by atoms with van der Waals surface area (Å²) < 4.78 is 1.57. The standard InChI is InChI=1S/C21H24ClN7O2/c22-18-9-14(7-8-23-18)27-21(31)17-11-24-20-16(25-12-1-2-12)10-19(28-29(17)20)26-13-3-5-15(30)6-4-13/h7-13,15,25,30H,1-6H2,(H,26,28)(H,23,27,31). The molecule has 0 aromatic carbocycles. The number of nitrogens with zero attached hydrogens (tertiary/aromatic N) is 4. The SMILES string of the molecule is O=C(Nc1ccnc(Cl)c1)c1cnc2c(NC3CC3)cc(NC3CCC(O)CC3)nn12. The van der Waals surface area contributed by atoms with Gasteiger partial charge in [-0.2, -0.15) is 0 Å². The predicted molar refractivity (Wildman–Crippen MR) is 119 cm³/mol. The maximum Gasteiger partial charge on any atom is 0.276 e. The molecule has 9 nitrogen and oxygen atoms in total. The monoisotopic (exact) mass is 441 g/mol. The van der Waals surface area contributed by atoms with Crippen LogP contribution in [0.1, 0.15) is 49.0 Å². The van der Waals surface area contributed by atoms with Crippen molar-refractivity contribution in [2.24, 2.45) is 0 Å². The van der Waals surface area contributed by atoms with E-state index in [1.54, 1.807) is 16.6 Å². The quantitative estimate of drug-likeness (QED) is 0.433. The first-order valence-corrected chi connectivity index (χ1v) is 11.0. The molecule has 0 atom stereocenters. The van der Waals surface area contributed by atoms with Crippen LogP contribution in [-0.4, -0.2) is 48.8 Å². The first kappa shape index (κ1) is 20.0. The molecule has 1 amide bonds. The van der Waals surface area contributed by atoms with E-state index in [2.05, 4.69) is 31.0 Å². The predicted octanol–water partition coefficient (Wildman–Crippen LogP) is 3.32. The number of hydrogen-bond acceptors (Lipinski definition) is 7. The topological polar surface area (TPSA) is 116 Å². The van der Waals surface area contributed by atoms with Gasteiger partial charge in [0, 0.05) is 30.0 Å². The molecule has 0 radical (unpaired) electrons. The summed E-state index contributed by atoms with van der Waals surface area (Å²) in [6.45, 7) is 0. The average molecular weight is 442 g/mol. The minimum atomic E-state index is -0.336. The van der Waals surface area contributed by atoms with Gasteiger partial charge < -0.3 is 21.1 Å². The lowest BCUT2D eigenvalue weighted by molar-refractivity contribution is 0.102. The number of amides is 1. The highest BCUT2D eigenvalue weighted by Gasteiger charge is 2.25. The fourth-order valence-corrected chi connectivity index (χ4v) is 4.03. The fraction of sp³-hybridized carbons (Fsp3) is 0.429. The highest BCUT2D eigenvalue weighted by atomic mass is 35.5. The number of rotatable bonds is 6. The molecule has 10 heteroatoms. The van der Waals surface area contributed by atoms with Crippen LogP contribution in [0.3, 0.4) is 0 Å². The van der Waals surface area contributed by atoms with Crippen molar-refractivity contribution in [2.45, 2.75) is 56.7 Å². The van der Waals surface area contributed by atoms with Gasteiger partial charge in [0.05, 0.1) is 18.0 Å². The molecule has 0 spiro atoms. The molecule has 2 saturated carbocycles. The van der Waals surface area contributed by atoms with Crippen LogP contribution >= 0.6 is 11.6 Å². The summed E-state index contributed by atoms with van der Waals surface area (Å²) in [5.41, 5.74) is 2.33. The molecule has 2 aliphatic carbocycles. The summed E-state index contributed by atoms with van der Waals surface area (Å²) in [5.74, 6) is 0.341. The number of aliphatic hydroxyl groups is 1. The third-order valence-electron chi connectivity index (χ3n) is 5.67. The molecule has 3 aromatic heterocycles. The normalized spacial score (nSPS) is 21.1. The summed E-state index contributed by atoms with van der Waals surface area (Å²) in [7, 11) is 0. The van der Waals surface area contributed by atoms with E-state index in [9.17, 15) is 9.90 Å². The number of imidazole rings is 1. The lowest BCUT2D eigenvalue weighted by Crippen LogP contribution is -2.29. The molecule has 162 valence electrons. The van der Waals surface area contributed by atoms with E-state index in [1.807, 2.05) is 6.07 Å². The number of halogens is 1. The van der Waals surface area contributed by atoms with Gasteiger partial charge in [-0.05, 0) is 50.7 Å². The number of carbonyl (C=O) groups is 1. The Kier molecular flexibility index (Phi) is 5.37. The Hall–Kier alpha value is -2.91. The van der Waals surface area contributed by atoms with Crippen molar-refractivity contribution in [3.05, 3.63) is 41.4 Å². The summed E-state index contributed by atoms with van der Waals surface area (Å²) in [6, 6.07) is 5.88. The van der Waals surface area contributed by atoms with Gasteiger partial charge in [0.25, 0.3) is 5.91 Å². The van der Waals surface area contributed by atoms with Gasteiger partial charge in [-0.25, -0.2) is 14.5 Å². The van der Waals surface area contributed by atoms with Gasteiger partial charge in [0.2, 0.25) is 0 Å². The third kappa shape index (κ3) is 4.57. The summed E-state index contributed by atoms with van der Waals surface area (Å²) >= 11 is 5.92. The minimum Gasteiger partial charge on any atom is -0.393 e. The summed E-state index contributed by atoms with van der Waals surface area (Å²) in [5, 5.41) is 24.5. The summed E-state index contributed by atoms with van der Waals surface area (Å²) in [6.07, 6.45) is 8.40. The molecule has 0 saturated heterocycles. The van der Waals surface area contributed by atoms with Gasteiger partial charge >= 0.3 is 0 Å². The van der Waals surface area contributed by atoms with Crippen LogP contribution in [0.25, 0.3) is 5.65 Å². The van der Waals surface area contributed by atoms with Crippen LogP contribution in [0.2, 0.25) is 5.15 Å². The highest BCUT2D eigenvalue weighted by molar-refractivity contribution is 6.29. The second kappa shape index (κ2) is 8.32. The van der Waals surface area contributed by atoms with Crippen LogP contribution in [-0.2, 0) is 0 Å². The van der Waals surface area contributed by atoms with Crippen LogP contribution in [0.5, 0.6) is 0 Å². The lowest BCUT2D eigenvalue weighted by atomic mass is 9.93. The molecular formula is C21H24ClN7O2. The van der Waals surface area contributed by atoms with E-state index in [-0.39, 0.29) is 18.1 Å². The molecule has 3 heterocycles. The van der Waals surface area contributed by atoms with Gasteiger partial charge in [-0.15, -0.1) is 5.10 Å². The van der Waals surface area contributed by atoms with Crippen molar-refractivity contribution in [3.63, 3.8) is 0 Å². The Bertz CT molecular complexity index is 1110. The molecule has 5 rings (SSSR count). The Balaban J connectivity index is 1.45. The van der Waals surface area contributed by atoms with E-state index < -0.39 is 0 Å². The number of aromatic nitrogens is 4. The maximum absolute atomic E-state index is 12.9. The molecule has 0 aliphatic heterocycles. The van der Waals surface area contributed by atoms with Crippen molar-refractivity contribution < 1.29 is 9.90 Å². The number of anilines is 3. The second-order valence-corrected chi connectivity index (χ2v) is 8.60. The number of carbonyl (C=O) groups excluding carboxylic acids is 1. The van der Waals surface area contributed by atoms with Gasteiger partial charge in [0.15, 0.2) is 11.3 Å². The van der Waals surface area contributed by atoms with Gasteiger partial charge in [0.1, 0.15) is 11.0 Å². The second-order valence-electron chi connectivity index (χ2n) is 8.21. The zero-order chi connectivity index (χ0) is 21.4. The Morgan fingerprint density at radius 1 is 1.06 bits per heavy atom. The first-order chi connectivity index (χ1) is 15.0. The van der Waals surface area contributed by atoms with Crippen LogP contribution in [0.4, 0.5) is 17.2 Å². The van der Waals surface area contributed by atoms with Crippen LogP contribution in [0.15, 0.2) is 30.6 Å². The van der Waals surface area contributed by atoms with E-state index in [4.69, 9.17) is 11.6 Å². The number of nitrogens with one attached hydrogen (secondary N) is 3. The third-order valence-corrected chi connectivity index (χ3v) is 5.88. The van der Waals surface area contributed by atoms with Crippen molar-refractivity contribution in [3.8, 4) is 0 Å². The molecule has 2 fully saturated rings. The Labute approximate surface area is 184 Å². The van der Waals surface area contributed by atoms with Gasteiger partial charge in [-0.3, -0.25) is 4.79 Å². The van der Waals surface area contributed by atoms with Crippen molar-refractivity contribution in [2.75, 3.05) is 16.0 Å². The molecule has 4 N–H and O–H groups in total. The smallest absolute Gasteiger partial charge is 0.276 e. The minimum absolute atomic E-state index is 0.216. The first-order valence-electron chi connectivity index (χ1n) is 10.6. The lowest BCUT2D eigenvalue weighted by Gasteiger charge is -2.26. The van der Waals surface area contributed by atoms with Crippen molar-refractivity contribution >= 4 is 40.3 Å². The maximum atomic E-state index is 12.9. The zero-order valence-corrected chi connectivity index (χ0v) is 17.6. The number of pyridine rings is 1. The van der Waals surface area contributed by atoms with E-state index in [0.717, 1.165) is 44.2 Å². The van der Waals surface area contributed by atoms with Crippen LogP contribution in [0, 0.1) is 0 Å². The van der Waals surface area contributed by atoms with E-state index >= 15 is 0 Å². The molecule has 3 aromatic rings. The number of fused-ring (bicyclic) bond motifs is 1. The van der Waals surface area contributed by atoms with E-state index in [0.29, 0.717) is 34.0 Å². The molecule has 0 bridgehead atoms. The zero-order valence-electron chi connectivity index (χ0n) is 16.9. The molecular weight excluding hydrogens is 418 g/mol. The van der Waals surface area contributed by atoms with Crippen LogP contribution < -0.4 is 16.0 Å². The Morgan fingerprint density at radius 2 is 1.81 bits per heavy atom. The summed E-state index contributed by atoms with van der Waals surface area (Å²) in [4.78, 5) is 21.3.